The second-order valence-corrected chi connectivity index (χ2v) is 6.47. The van der Waals surface area contributed by atoms with Gasteiger partial charge in [0.05, 0.1) is 5.56 Å². The molecule has 3 rings (SSSR count). The molecule has 0 saturated heterocycles. The Balaban J connectivity index is 2.00. The number of carbonyl (C=O) groups is 1. The fourth-order valence-corrected chi connectivity index (χ4v) is 3.35. The van der Waals surface area contributed by atoms with Gasteiger partial charge in [0.15, 0.2) is 0 Å². The second-order valence-electron chi connectivity index (χ2n) is 6.47. The molecule has 0 spiro atoms. The van der Waals surface area contributed by atoms with Crippen molar-refractivity contribution in [1.82, 2.24) is 9.47 Å². The van der Waals surface area contributed by atoms with E-state index in [1.54, 1.807) is 0 Å². The van der Waals surface area contributed by atoms with Gasteiger partial charge in [0.1, 0.15) is 0 Å². The molecule has 25 heavy (non-hydrogen) atoms. The summed E-state index contributed by atoms with van der Waals surface area (Å²) in [5, 5.41) is 1.04. The fourth-order valence-electron chi connectivity index (χ4n) is 3.35. The third-order valence-corrected chi connectivity index (χ3v) is 4.49. The van der Waals surface area contributed by atoms with E-state index < -0.39 is 0 Å². The Hall–Kier alpha value is -2.55. The van der Waals surface area contributed by atoms with Gasteiger partial charge in [0, 0.05) is 36.7 Å². The molecular weight excluding hydrogens is 308 g/mol. The van der Waals surface area contributed by atoms with E-state index in [0.717, 1.165) is 48.9 Å². The Labute approximate surface area is 149 Å². The first-order valence-electron chi connectivity index (χ1n) is 9.15. The maximum Gasteiger partial charge on any atom is 0.256 e. The molecule has 0 N–H and O–H groups in total. The summed E-state index contributed by atoms with van der Waals surface area (Å²) < 4.78 is 2.19. The number of rotatable bonds is 7. The fraction of sp³-hybridized carbons (Fsp3) is 0.318. The summed E-state index contributed by atoms with van der Waals surface area (Å²) >= 11 is 0. The van der Waals surface area contributed by atoms with Gasteiger partial charge in [0.25, 0.3) is 5.91 Å². The van der Waals surface area contributed by atoms with E-state index in [1.807, 2.05) is 29.3 Å². The molecule has 0 aliphatic carbocycles. The summed E-state index contributed by atoms with van der Waals surface area (Å²) in [4.78, 5) is 15.1. The van der Waals surface area contributed by atoms with Crippen molar-refractivity contribution in [3.05, 3.63) is 71.9 Å². The Morgan fingerprint density at radius 1 is 0.920 bits per heavy atom. The molecule has 0 radical (unpaired) electrons. The normalized spacial score (nSPS) is 11.0. The second kappa shape index (κ2) is 8.02. The molecule has 0 unspecified atom stereocenters. The van der Waals surface area contributed by atoms with Crippen molar-refractivity contribution < 1.29 is 4.79 Å². The average molecular weight is 334 g/mol. The summed E-state index contributed by atoms with van der Waals surface area (Å²) in [5.74, 6) is 0.145. The maximum atomic E-state index is 13.1. The van der Waals surface area contributed by atoms with Gasteiger partial charge in [-0.3, -0.25) is 4.79 Å². The van der Waals surface area contributed by atoms with Gasteiger partial charge < -0.3 is 9.47 Å². The first kappa shape index (κ1) is 17.3. The molecule has 1 amide bonds. The largest absolute Gasteiger partial charge is 0.342 e. The lowest BCUT2D eigenvalue weighted by Crippen LogP contribution is -2.32. The van der Waals surface area contributed by atoms with Gasteiger partial charge >= 0.3 is 0 Å². The molecule has 0 aliphatic heterocycles. The molecule has 0 bridgehead atoms. The minimum atomic E-state index is 0.145. The topological polar surface area (TPSA) is 25.2 Å². The summed E-state index contributed by atoms with van der Waals surface area (Å²) in [6.07, 6.45) is 3.99. The van der Waals surface area contributed by atoms with Crippen molar-refractivity contribution in [2.24, 2.45) is 0 Å². The van der Waals surface area contributed by atoms with Crippen molar-refractivity contribution in [2.45, 2.75) is 33.2 Å². The zero-order valence-corrected chi connectivity index (χ0v) is 15.1. The van der Waals surface area contributed by atoms with Crippen LogP contribution in [0.25, 0.3) is 10.9 Å². The summed E-state index contributed by atoms with van der Waals surface area (Å²) in [6.45, 7) is 6.63. The van der Waals surface area contributed by atoms with Crippen molar-refractivity contribution >= 4 is 16.8 Å². The molecule has 130 valence electrons. The number of aromatic nitrogens is 1. The number of carbonyl (C=O) groups excluding carboxylic acids is 1. The van der Waals surface area contributed by atoms with Crippen LogP contribution in [0, 0.1) is 0 Å². The summed E-state index contributed by atoms with van der Waals surface area (Å²) in [6, 6.07) is 18.6. The summed E-state index contributed by atoms with van der Waals surface area (Å²) in [5.41, 5.74) is 3.16. The van der Waals surface area contributed by atoms with Gasteiger partial charge in [-0.1, -0.05) is 62.4 Å². The highest BCUT2D eigenvalue weighted by molar-refractivity contribution is 6.07. The first-order chi connectivity index (χ1) is 12.2. The molecule has 3 nitrogen and oxygen atoms in total. The Morgan fingerprint density at radius 3 is 2.24 bits per heavy atom. The van der Waals surface area contributed by atoms with E-state index in [0.29, 0.717) is 0 Å². The van der Waals surface area contributed by atoms with E-state index in [2.05, 4.69) is 54.8 Å². The molecule has 3 aromatic rings. The zero-order valence-electron chi connectivity index (χ0n) is 15.1. The Kier molecular flexibility index (Phi) is 5.54. The van der Waals surface area contributed by atoms with E-state index in [9.17, 15) is 4.79 Å². The minimum Gasteiger partial charge on any atom is -0.342 e. The van der Waals surface area contributed by atoms with Gasteiger partial charge in [0.2, 0.25) is 0 Å². The van der Waals surface area contributed by atoms with Crippen molar-refractivity contribution in [1.29, 1.82) is 0 Å². The van der Waals surface area contributed by atoms with Crippen LogP contribution in [-0.2, 0) is 6.54 Å². The van der Waals surface area contributed by atoms with Crippen LogP contribution in [0.15, 0.2) is 60.8 Å². The van der Waals surface area contributed by atoms with Crippen LogP contribution in [-0.4, -0.2) is 28.5 Å². The number of hydrogen-bond donors (Lipinski definition) is 0. The van der Waals surface area contributed by atoms with E-state index >= 15 is 0 Å². The third kappa shape index (κ3) is 3.76. The third-order valence-electron chi connectivity index (χ3n) is 4.49. The average Bonchev–Trinajstić information content (AvgIpc) is 3.00. The molecule has 0 aliphatic rings. The molecular formula is C22H26N2O. The number of hydrogen-bond acceptors (Lipinski definition) is 1. The molecule has 3 heteroatoms. The van der Waals surface area contributed by atoms with Gasteiger partial charge in [-0.05, 0) is 24.5 Å². The van der Waals surface area contributed by atoms with Gasteiger partial charge in [-0.15, -0.1) is 0 Å². The Bertz CT molecular complexity index is 830. The number of para-hydroxylation sites is 1. The standard InChI is InChI=1S/C22H26N2O/c1-3-14-23(15-4-2)22(25)20-17-24(16-18-10-6-5-7-11-18)21-13-9-8-12-19(20)21/h5-13,17H,3-4,14-16H2,1-2H3. The van der Waals surface area contributed by atoms with Crippen LogP contribution in [0.5, 0.6) is 0 Å². The minimum absolute atomic E-state index is 0.145. The van der Waals surface area contributed by atoms with Crippen molar-refractivity contribution in [3.63, 3.8) is 0 Å². The lowest BCUT2D eigenvalue weighted by Gasteiger charge is -2.21. The lowest BCUT2D eigenvalue weighted by atomic mass is 10.1. The molecule has 1 heterocycles. The van der Waals surface area contributed by atoms with E-state index in [-0.39, 0.29) is 5.91 Å². The molecule has 0 saturated carbocycles. The predicted molar refractivity (Wildman–Crippen MR) is 104 cm³/mol. The number of amides is 1. The van der Waals surface area contributed by atoms with Crippen molar-refractivity contribution in [3.8, 4) is 0 Å². The lowest BCUT2D eigenvalue weighted by molar-refractivity contribution is 0.0757. The van der Waals surface area contributed by atoms with E-state index in [4.69, 9.17) is 0 Å². The van der Waals surface area contributed by atoms with Crippen LogP contribution in [0.4, 0.5) is 0 Å². The predicted octanol–water partition coefficient (Wildman–Crippen LogP) is 4.95. The van der Waals surface area contributed by atoms with Crippen LogP contribution in [0.3, 0.4) is 0 Å². The smallest absolute Gasteiger partial charge is 0.256 e. The molecule has 2 aromatic carbocycles. The first-order valence-corrected chi connectivity index (χ1v) is 9.15. The van der Waals surface area contributed by atoms with Crippen LogP contribution in [0.2, 0.25) is 0 Å². The van der Waals surface area contributed by atoms with Crippen LogP contribution >= 0.6 is 0 Å². The van der Waals surface area contributed by atoms with Crippen LogP contribution < -0.4 is 0 Å². The maximum absolute atomic E-state index is 13.1. The highest BCUT2D eigenvalue weighted by Gasteiger charge is 2.19. The van der Waals surface area contributed by atoms with Crippen LogP contribution in [0.1, 0.15) is 42.6 Å². The molecule has 1 aromatic heterocycles. The SMILES string of the molecule is CCCN(CCC)C(=O)c1cn(Cc2ccccc2)c2ccccc12. The van der Waals surface area contributed by atoms with Gasteiger partial charge in [-0.2, -0.15) is 0 Å². The highest BCUT2D eigenvalue weighted by Crippen LogP contribution is 2.24. The highest BCUT2D eigenvalue weighted by atomic mass is 16.2. The number of benzene rings is 2. The quantitative estimate of drug-likeness (QED) is 0.600. The number of fused-ring (bicyclic) bond motifs is 1. The van der Waals surface area contributed by atoms with Gasteiger partial charge in [-0.25, -0.2) is 0 Å². The van der Waals surface area contributed by atoms with Crippen molar-refractivity contribution in [2.75, 3.05) is 13.1 Å². The van der Waals surface area contributed by atoms with E-state index in [1.165, 1.54) is 5.56 Å². The Morgan fingerprint density at radius 2 is 1.56 bits per heavy atom. The summed E-state index contributed by atoms with van der Waals surface area (Å²) in [7, 11) is 0. The monoisotopic (exact) mass is 334 g/mol. The number of nitrogens with zero attached hydrogens (tertiary/aromatic N) is 2. The zero-order chi connectivity index (χ0) is 17.6. The molecule has 0 atom stereocenters. The molecule has 0 fully saturated rings.